The molecular formula is C7H14O4. The summed E-state index contributed by atoms with van der Waals surface area (Å²) in [5.74, 6) is -1.83. The van der Waals surface area contributed by atoms with Gasteiger partial charge in [0.2, 0.25) is 0 Å². The van der Waals surface area contributed by atoms with Crippen LogP contribution in [0.1, 0.15) is 20.3 Å². The summed E-state index contributed by atoms with van der Waals surface area (Å²) in [6, 6.07) is 0. The Kier molecular flexibility index (Phi) is 2.20. The van der Waals surface area contributed by atoms with Crippen LogP contribution in [0.5, 0.6) is 0 Å². The molecule has 0 atom stereocenters. The molecule has 66 valence electrons. The van der Waals surface area contributed by atoms with E-state index in [0.717, 1.165) is 6.42 Å². The van der Waals surface area contributed by atoms with E-state index >= 15 is 0 Å². The summed E-state index contributed by atoms with van der Waals surface area (Å²) in [5, 5.41) is 18.9. The van der Waals surface area contributed by atoms with E-state index in [1.54, 1.807) is 0 Å². The molecule has 1 saturated heterocycles. The molecule has 0 spiro atoms. The van der Waals surface area contributed by atoms with Gasteiger partial charge in [-0.3, -0.25) is 0 Å². The highest BCUT2D eigenvalue weighted by Crippen LogP contribution is 2.27. The number of aliphatic hydroxyl groups is 2. The second-order valence-electron chi connectivity index (χ2n) is 3.19. The van der Waals surface area contributed by atoms with E-state index in [1.165, 1.54) is 13.8 Å². The van der Waals surface area contributed by atoms with Gasteiger partial charge >= 0.3 is 5.97 Å². The van der Waals surface area contributed by atoms with E-state index in [4.69, 9.17) is 9.47 Å². The van der Waals surface area contributed by atoms with Gasteiger partial charge in [0.25, 0.3) is 0 Å². The molecule has 0 saturated carbocycles. The Morgan fingerprint density at radius 1 is 1.27 bits per heavy atom. The lowest BCUT2D eigenvalue weighted by molar-refractivity contribution is -0.435. The minimum absolute atomic E-state index is 0.417. The SMILES string of the molecule is CC(C)(O)C1(O)OCCCO1. The Labute approximate surface area is 65.7 Å². The molecule has 2 N–H and O–H groups in total. The van der Waals surface area contributed by atoms with Crippen molar-refractivity contribution in [2.24, 2.45) is 0 Å². The molecule has 0 aromatic carbocycles. The van der Waals surface area contributed by atoms with Gasteiger partial charge in [-0.2, -0.15) is 0 Å². The van der Waals surface area contributed by atoms with Crippen LogP contribution in [0.3, 0.4) is 0 Å². The van der Waals surface area contributed by atoms with Crippen LogP contribution in [0.25, 0.3) is 0 Å². The van der Waals surface area contributed by atoms with Gasteiger partial charge in [-0.25, -0.2) is 0 Å². The third-order valence-electron chi connectivity index (χ3n) is 1.66. The second-order valence-corrected chi connectivity index (χ2v) is 3.19. The van der Waals surface area contributed by atoms with E-state index in [1.807, 2.05) is 0 Å². The van der Waals surface area contributed by atoms with Gasteiger partial charge < -0.3 is 19.7 Å². The predicted octanol–water partition coefficient (Wildman–Crippen LogP) is -0.160. The summed E-state index contributed by atoms with van der Waals surface area (Å²) in [4.78, 5) is 0. The Bertz CT molecular complexity index is 132. The highest BCUT2D eigenvalue weighted by molar-refractivity contribution is 4.79. The third-order valence-corrected chi connectivity index (χ3v) is 1.66. The van der Waals surface area contributed by atoms with E-state index in [9.17, 15) is 10.2 Å². The molecule has 1 aliphatic heterocycles. The van der Waals surface area contributed by atoms with Crippen molar-refractivity contribution in [1.82, 2.24) is 0 Å². The predicted molar refractivity (Wildman–Crippen MR) is 37.8 cm³/mol. The first-order valence-corrected chi connectivity index (χ1v) is 3.68. The first kappa shape index (κ1) is 8.93. The largest absolute Gasteiger partial charge is 0.382 e. The fourth-order valence-electron chi connectivity index (χ4n) is 0.875. The van der Waals surface area contributed by atoms with Gasteiger partial charge in [0.15, 0.2) is 0 Å². The molecule has 4 nitrogen and oxygen atoms in total. The summed E-state index contributed by atoms with van der Waals surface area (Å²) < 4.78 is 9.83. The smallest absolute Gasteiger partial charge is 0.310 e. The number of hydrogen-bond acceptors (Lipinski definition) is 4. The fourth-order valence-corrected chi connectivity index (χ4v) is 0.875. The standard InChI is InChI=1S/C7H14O4/c1-6(2,8)7(9)10-4-3-5-11-7/h8-9H,3-5H2,1-2H3. The molecule has 0 radical (unpaired) electrons. The molecule has 1 aliphatic rings. The molecule has 0 aliphatic carbocycles. The molecule has 0 bridgehead atoms. The van der Waals surface area contributed by atoms with Gasteiger partial charge in [-0.05, 0) is 20.3 Å². The van der Waals surface area contributed by atoms with Crippen LogP contribution in [0.15, 0.2) is 0 Å². The Hall–Kier alpha value is -0.160. The van der Waals surface area contributed by atoms with Crippen molar-refractivity contribution in [3.05, 3.63) is 0 Å². The van der Waals surface area contributed by atoms with Crippen LogP contribution in [0.4, 0.5) is 0 Å². The zero-order valence-corrected chi connectivity index (χ0v) is 6.83. The van der Waals surface area contributed by atoms with Gasteiger partial charge in [-0.15, -0.1) is 0 Å². The highest BCUT2D eigenvalue weighted by Gasteiger charge is 2.46. The van der Waals surface area contributed by atoms with Crippen LogP contribution >= 0.6 is 0 Å². The van der Waals surface area contributed by atoms with E-state index < -0.39 is 11.6 Å². The van der Waals surface area contributed by atoms with Crippen molar-refractivity contribution in [1.29, 1.82) is 0 Å². The molecular weight excluding hydrogens is 148 g/mol. The van der Waals surface area contributed by atoms with Crippen LogP contribution in [0, 0.1) is 0 Å². The van der Waals surface area contributed by atoms with Crippen molar-refractivity contribution in [3.8, 4) is 0 Å². The maximum absolute atomic E-state index is 9.51. The number of hydrogen-bond donors (Lipinski definition) is 2. The summed E-state index contributed by atoms with van der Waals surface area (Å²) in [5.41, 5.74) is -1.38. The quantitative estimate of drug-likeness (QED) is 0.562. The van der Waals surface area contributed by atoms with Crippen LogP contribution in [0.2, 0.25) is 0 Å². The number of ether oxygens (including phenoxy) is 2. The molecule has 0 unspecified atom stereocenters. The van der Waals surface area contributed by atoms with Crippen molar-refractivity contribution in [3.63, 3.8) is 0 Å². The lowest BCUT2D eigenvalue weighted by atomic mass is 10.1. The average molecular weight is 162 g/mol. The maximum Gasteiger partial charge on any atom is 0.310 e. The van der Waals surface area contributed by atoms with Gasteiger partial charge in [0, 0.05) is 0 Å². The van der Waals surface area contributed by atoms with E-state index in [2.05, 4.69) is 0 Å². The first-order chi connectivity index (χ1) is 4.96. The first-order valence-electron chi connectivity index (χ1n) is 3.68. The zero-order valence-electron chi connectivity index (χ0n) is 6.83. The Morgan fingerprint density at radius 3 is 2.00 bits per heavy atom. The fraction of sp³-hybridized carbons (Fsp3) is 1.00. The molecule has 4 heteroatoms. The number of rotatable bonds is 1. The average Bonchev–Trinajstić information content (AvgIpc) is 1.87. The summed E-state index contributed by atoms with van der Waals surface area (Å²) in [6.45, 7) is 3.72. The van der Waals surface area contributed by atoms with E-state index in [-0.39, 0.29) is 0 Å². The topological polar surface area (TPSA) is 58.9 Å². The van der Waals surface area contributed by atoms with E-state index in [0.29, 0.717) is 13.2 Å². The van der Waals surface area contributed by atoms with Crippen molar-refractivity contribution in [2.75, 3.05) is 13.2 Å². The Balaban J connectivity index is 2.64. The maximum atomic E-state index is 9.51. The molecule has 1 fully saturated rings. The van der Waals surface area contributed by atoms with Crippen molar-refractivity contribution >= 4 is 0 Å². The van der Waals surface area contributed by atoms with Crippen molar-refractivity contribution < 1.29 is 19.7 Å². The highest BCUT2D eigenvalue weighted by atomic mass is 16.8. The lowest BCUT2D eigenvalue weighted by Crippen LogP contribution is -2.56. The van der Waals surface area contributed by atoms with Gasteiger partial charge in [0.1, 0.15) is 5.60 Å². The van der Waals surface area contributed by atoms with Crippen molar-refractivity contribution in [2.45, 2.75) is 31.8 Å². The molecule has 0 amide bonds. The third kappa shape index (κ3) is 1.70. The Morgan fingerprint density at radius 2 is 1.73 bits per heavy atom. The molecule has 1 rings (SSSR count). The zero-order chi connectivity index (χ0) is 8.54. The molecule has 0 aromatic rings. The summed E-state index contributed by atoms with van der Waals surface area (Å²) in [6.07, 6.45) is 0.748. The summed E-state index contributed by atoms with van der Waals surface area (Å²) >= 11 is 0. The minimum Gasteiger partial charge on any atom is -0.382 e. The van der Waals surface area contributed by atoms with Crippen LogP contribution in [-0.2, 0) is 9.47 Å². The second kappa shape index (κ2) is 2.71. The molecule has 0 aromatic heterocycles. The summed E-state index contributed by atoms with van der Waals surface area (Å²) in [7, 11) is 0. The van der Waals surface area contributed by atoms with Crippen LogP contribution in [-0.4, -0.2) is 35.0 Å². The normalized spacial score (nSPS) is 25.1. The minimum atomic E-state index is -1.83. The monoisotopic (exact) mass is 162 g/mol. The van der Waals surface area contributed by atoms with Gasteiger partial charge in [0.05, 0.1) is 13.2 Å². The molecule has 1 heterocycles. The molecule has 11 heavy (non-hydrogen) atoms. The lowest BCUT2D eigenvalue weighted by Gasteiger charge is -2.39. The van der Waals surface area contributed by atoms with Crippen LogP contribution < -0.4 is 0 Å². The van der Waals surface area contributed by atoms with Gasteiger partial charge in [-0.1, -0.05) is 0 Å².